The van der Waals surface area contributed by atoms with E-state index < -0.39 is 10.0 Å². The lowest BCUT2D eigenvalue weighted by Crippen LogP contribution is -2.47. The van der Waals surface area contributed by atoms with Crippen molar-refractivity contribution >= 4 is 38.1 Å². The molecule has 2 aliphatic carbocycles. The van der Waals surface area contributed by atoms with E-state index >= 15 is 0 Å². The number of ether oxygens (including phenoxy) is 1. The fourth-order valence-electron chi connectivity index (χ4n) is 5.32. The molecular weight excluding hydrogens is 542 g/mol. The predicted molar refractivity (Wildman–Crippen MR) is 157 cm³/mol. The van der Waals surface area contributed by atoms with Gasteiger partial charge in [0.05, 0.1) is 46.4 Å². The number of sulfonamides is 1. The summed E-state index contributed by atoms with van der Waals surface area (Å²) in [7, 11) is 2.37. The number of benzene rings is 1. The molecule has 4 heterocycles. The minimum absolute atomic E-state index is 0.304. The summed E-state index contributed by atoms with van der Waals surface area (Å²) in [4.78, 5) is 11.5. The van der Waals surface area contributed by atoms with Gasteiger partial charge in [-0.1, -0.05) is 0 Å². The first-order chi connectivity index (χ1) is 19.8. The van der Waals surface area contributed by atoms with E-state index in [9.17, 15) is 8.42 Å². The van der Waals surface area contributed by atoms with Gasteiger partial charge >= 0.3 is 0 Å². The molecule has 0 unspecified atom stereocenters. The van der Waals surface area contributed by atoms with Crippen LogP contribution >= 0.6 is 0 Å². The molecule has 0 saturated heterocycles. The first-order valence-electron chi connectivity index (χ1n) is 13.6. The maximum absolute atomic E-state index is 12.5. The highest BCUT2D eigenvalue weighted by atomic mass is 32.2. The van der Waals surface area contributed by atoms with E-state index in [0.717, 1.165) is 35.1 Å². The van der Waals surface area contributed by atoms with Gasteiger partial charge in [0.25, 0.3) is 0 Å². The van der Waals surface area contributed by atoms with Crippen molar-refractivity contribution in [3.63, 3.8) is 0 Å². The number of hydrogen-bond acceptors (Lipinski definition) is 9. The second-order valence-corrected chi connectivity index (χ2v) is 12.9. The lowest BCUT2D eigenvalue weighted by atomic mass is 9.86. The maximum Gasteiger partial charge on any atom is 0.235 e. The van der Waals surface area contributed by atoms with E-state index in [1.165, 1.54) is 0 Å². The predicted octanol–water partition coefficient (Wildman–Crippen LogP) is 3.55. The fraction of sp³-hybridized carbons (Fsp3) is 0.357. The van der Waals surface area contributed by atoms with Crippen molar-refractivity contribution in [2.45, 2.75) is 43.0 Å². The van der Waals surface area contributed by atoms with Crippen LogP contribution in [-0.2, 0) is 10.0 Å². The molecule has 0 amide bonds. The molecule has 7 rings (SSSR count). The van der Waals surface area contributed by atoms with Gasteiger partial charge in [-0.2, -0.15) is 5.10 Å². The van der Waals surface area contributed by atoms with Gasteiger partial charge in [-0.15, -0.1) is 5.10 Å². The molecule has 12 nitrogen and oxygen atoms in total. The SMILES string of the molecule is COc1cc(NS(=O)(=O)C2CC2)ccc1-n1nc(N[C@H]2C[C@@H](N(C)C)C2)c2cnc(-c3cnn4cccnc34)cc21. The highest BCUT2D eigenvalue weighted by Crippen LogP contribution is 2.37. The Balaban J connectivity index is 1.32. The van der Waals surface area contributed by atoms with Gasteiger partial charge in [0.2, 0.25) is 10.0 Å². The molecule has 2 fully saturated rings. The smallest absolute Gasteiger partial charge is 0.235 e. The third kappa shape index (κ3) is 4.64. The summed E-state index contributed by atoms with van der Waals surface area (Å²) in [5.74, 6) is 1.23. The first-order valence-corrected chi connectivity index (χ1v) is 15.2. The lowest BCUT2D eigenvalue weighted by molar-refractivity contribution is 0.177. The zero-order valence-electron chi connectivity index (χ0n) is 23.0. The largest absolute Gasteiger partial charge is 0.494 e. The Morgan fingerprint density at radius 2 is 1.93 bits per heavy atom. The number of fused-ring (bicyclic) bond motifs is 2. The van der Waals surface area contributed by atoms with Crippen LogP contribution in [0.4, 0.5) is 11.5 Å². The summed E-state index contributed by atoms with van der Waals surface area (Å²) in [6.45, 7) is 0. The molecule has 0 atom stereocenters. The molecule has 2 saturated carbocycles. The van der Waals surface area contributed by atoms with Crippen LogP contribution in [0.15, 0.2) is 55.1 Å². The van der Waals surface area contributed by atoms with Gasteiger partial charge in [0.1, 0.15) is 11.4 Å². The Morgan fingerprint density at radius 1 is 1.10 bits per heavy atom. The summed E-state index contributed by atoms with van der Waals surface area (Å²) in [5, 5.41) is 13.6. The van der Waals surface area contributed by atoms with Crippen LogP contribution in [0.5, 0.6) is 5.75 Å². The quantitative estimate of drug-likeness (QED) is 0.272. The van der Waals surface area contributed by atoms with Gasteiger partial charge in [0, 0.05) is 36.7 Å². The van der Waals surface area contributed by atoms with Crippen LogP contribution in [0.2, 0.25) is 0 Å². The Hall–Kier alpha value is -4.23. The van der Waals surface area contributed by atoms with Crippen molar-refractivity contribution in [2.24, 2.45) is 0 Å². The first kappa shape index (κ1) is 25.7. The number of aromatic nitrogens is 6. The Morgan fingerprint density at radius 3 is 2.68 bits per heavy atom. The highest BCUT2D eigenvalue weighted by molar-refractivity contribution is 7.93. The summed E-state index contributed by atoms with van der Waals surface area (Å²) in [6.07, 6.45) is 10.6. The third-order valence-corrected chi connectivity index (χ3v) is 9.81. The highest BCUT2D eigenvalue weighted by Gasteiger charge is 2.36. The molecular formula is C28H31N9O3S. The second kappa shape index (κ2) is 9.70. The number of nitrogens with zero attached hydrogens (tertiary/aromatic N) is 7. The van der Waals surface area contributed by atoms with Crippen molar-refractivity contribution < 1.29 is 13.2 Å². The minimum atomic E-state index is -3.41. The topological polar surface area (TPSA) is 132 Å². The average molecular weight is 574 g/mol. The second-order valence-electron chi connectivity index (χ2n) is 11.0. The van der Waals surface area contributed by atoms with E-state index in [-0.39, 0.29) is 5.25 Å². The summed E-state index contributed by atoms with van der Waals surface area (Å²) in [6, 6.07) is 9.91. The van der Waals surface area contributed by atoms with Crippen molar-refractivity contribution in [3.8, 4) is 22.7 Å². The minimum Gasteiger partial charge on any atom is -0.494 e. The summed E-state index contributed by atoms with van der Waals surface area (Å²) < 4.78 is 37.1. The number of pyridine rings is 1. The van der Waals surface area contributed by atoms with Gasteiger partial charge in [-0.3, -0.25) is 9.71 Å². The zero-order chi connectivity index (χ0) is 28.3. The van der Waals surface area contributed by atoms with Crippen LogP contribution in [0.1, 0.15) is 25.7 Å². The van der Waals surface area contributed by atoms with Gasteiger partial charge < -0.3 is 15.0 Å². The average Bonchev–Trinajstić information content (AvgIpc) is 3.64. The van der Waals surface area contributed by atoms with E-state index in [1.54, 1.807) is 36.2 Å². The fourth-order valence-corrected chi connectivity index (χ4v) is 6.70. The van der Waals surface area contributed by atoms with Crippen LogP contribution in [-0.4, -0.2) is 81.2 Å². The molecule has 13 heteroatoms. The number of methoxy groups -OCH3 is 1. The molecule has 0 aliphatic heterocycles. The molecule has 2 aliphatic rings. The number of nitrogens with one attached hydrogen (secondary N) is 2. The van der Waals surface area contributed by atoms with Crippen LogP contribution in [0.25, 0.3) is 33.5 Å². The van der Waals surface area contributed by atoms with Crippen LogP contribution in [0.3, 0.4) is 0 Å². The summed E-state index contributed by atoms with van der Waals surface area (Å²) >= 11 is 0. The lowest BCUT2D eigenvalue weighted by Gasteiger charge is -2.40. The molecule has 212 valence electrons. The van der Waals surface area contributed by atoms with Gasteiger partial charge in [-0.05, 0) is 64.0 Å². The van der Waals surface area contributed by atoms with E-state index in [0.29, 0.717) is 53.4 Å². The summed E-state index contributed by atoms with van der Waals surface area (Å²) in [5.41, 5.74) is 4.17. The number of hydrogen-bond donors (Lipinski definition) is 2. The molecule has 0 bridgehead atoms. The van der Waals surface area contributed by atoms with Crippen molar-refractivity contribution in [2.75, 3.05) is 31.2 Å². The normalized spacial score (nSPS) is 19.0. The molecule has 0 spiro atoms. The van der Waals surface area contributed by atoms with Gasteiger partial charge in [0.15, 0.2) is 11.5 Å². The van der Waals surface area contributed by atoms with E-state index in [2.05, 4.69) is 39.1 Å². The number of anilines is 2. The monoisotopic (exact) mass is 573 g/mol. The van der Waals surface area contributed by atoms with Crippen LogP contribution < -0.4 is 14.8 Å². The Labute approximate surface area is 237 Å². The van der Waals surface area contributed by atoms with E-state index in [1.807, 2.05) is 35.3 Å². The van der Waals surface area contributed by atoms with Crippen molar-refractivity contribution in [1.29, 1.82) is 0 Å². The molecule has 0 radical (unpaired) electrons. The van der Waals surface area contributed by atoms with E-state index in [4.69, 9.17) is 14.8 Å². The Kier molecular flexibility index (Phi) is 6.08. The molecule has 1 aromatic carbocycles. The molecule has 4 aromatic heterocycles. The maximum atomic E-state index is 12.5. The standard InChI is InChI=1S/C28H31N9O3S/c1-35(2)19-11-18(12-19)32-27-22-15-30-23(21-16-31-36-10-4-9-29-28(21)36)14-25(22)37(33-27)24-8-5-17(13-26(24)40-3)34-41(38,39)20-6-7-20/h4-5,8-10,13-16,18-20,34H,6-7,11-12H2,1-3H3,(H,32,33)/t18-,19+. The van der Waals surface area contributed by atoms with Crippen molar-refractivity contribution in [1.82, 2.24) is 34.3 Å². The Bertz CT molecular complexity index is 1870. The third-order valence-electron chi connectivity index (χ3n) is 7.94. The van der Waals surface area contributed by atoms with Crippen LogP contribution in [0, 0.1) is 0 Å². The molecule has 41 heavy (non-hydrogen) atoms. The molecule has 5 aromatic rings. The van der Waals surface area contributed by atoms with Gasteiger partial charge in [-0.25, -0.2) is 22.6 Å². The van der Waals surface area contributed by atoms with Crippen molar-refractivity contribution in [3.05, 3.63) is 55.1 Å². The molecule has 2 N–H and O–H groups in total. The number of rotatable bonds is 9. The zero-order valence-corrected chi connectivity index (χ0v) is 23.8.